The van der Waals surface area contributed by atoms with Gasteiger partial charge in [-0.05, 0) is 36.8 Å². The molecule has 0 spiro atoms. The number of piperidine rings is 1. The molecule has 3 rings (SSSR count). The van der Waals surface area contributed by atoms with Crippen molar-refractivity contribution >= 4 is 11.5 Å². The second kappa shape index (κ2) is 3.62. The summed E-state index contributed by atoms with van der Waals surface area (Å²) < 4.78 is 0. The van der Waals surface area contributed by atoms with Crippen LogP contribution in [-0.2, 0) is 0 Å². The lowest BCUT2D eigenvalue weighted by Crippen LogP contribution is -2.56. The van der Waals surface area contributed by atoms with Crippen LogP contribution in [0.25, 0.3) is 0 Å². The summed E-state index contributed by atoms with van der Waals surface area (Å²) in [4.78, 5) is 7.11. The zero-order chi connectivity index (χ0) is 12.0. The van der Waals surface area contributed by atoms with Crippen LogP contribution in [0.3, 0.4) is 0 Å². The van der Waals surface area contributed by atoms with Gasteiger partial charge in [-0.2, -0.15) is 0 Å². The van der Waals surface area contributed by atoms with E-state index in [0.29, 0.717) is 11.5 Å². The predicted molar refractivity (Wildman–Crippen MR) is 71.6 cm³/mol. The summed E-state index contributed by atoms with van der Waals surface area (Å²) in [5.74, 6) is 1.16. The number of rotatable bonds is 0. The highest BCUT2D eigenvalue weighted by Crippen LogP contribution is 2.42. The minimum Gasteiger partial charge on any atom is -0.380 e. The Bertz CT molecular complexity index is 439. The van der Waals surface area contributed by atoms with Gasteiger partial charge in [0.25, 0.3) is 0 Å². The van der Waals surface area contributed by atoms with Crippen molar-refractivity contribution in [3.63, 3.8) is 0 Å². The van der Waals surface area contributed by atoms with Gasteiger partial charge in [0.15, 0.2) is 5.82 Å². The van der Waals surface area contributed by atoms with Crippen molar-refractivity contribution in [2.75, 3.05) is 23.3 Å². The van der Waals surface area contributed by atoms with E-state index < -0.39 is 0 Å². The summed E-state index contributed by atoms with van der Waals surface area (Å²) in [6.07, 6.45) is 4.52. The first-order valence-electron chi connectivity index (χ1n) is 6.56. The molecule has 0 saturated carbocycles. The van der Waals surface area contributed by atoms with E-state index in [9.17, 15) is 0 Å². The standard InChI is InChI=1S/C14H21N3/c1-10-5-7-15-13-12(10)16-9-11-14(2,3)6-4-8-17(11)13/h5,7,11,16H,4,6,8-9H2,1-3H3. The number of hydrogen-bond donors (Lipinski definition) is 1. The largest absolute Gasteiger partial charge is 0.380 e. The Kier molecular flexibility index (Phi) is 2.32. The molecule has 0 radical (unpaired) electrons. The van der Waals surface area contributed by atoms with Gasteiger partial charge in [-0.3, -0.25) is 0 Å². The number of anilines is 2. The SMILES string of the molecule is Cc1ccnc2c1NCC1N2CCCC1(C)C. The van der Waals surface area contributed by atoms with Gasteiger partial charge in [0.1, 0.15) is 0 Å². The first-order chi connectivity index (χ1) is 8.09. The van der Waals surface area contributed by atoms with Crippen molar-refractivity contribution in [1.29, 1.82) is 0 Å². The highest BCUT2D eigenvalue weighted by Gasteiger charge is 2.41. The van der Waals surface area contributed by atoms with Gasteiger partial charge in [0.05, 0.1) is 11.7 Å². The molecule has 92 valence electrons. The number of nitrogens with zero attached hydrogens (tertiary/aromatic N) is 2. The molecule has 3 heterocycles. The lowest BCUT2D eigenvalue weighted by molar-refractivity contribution is 0.216. The Morgan fingerprint density at radius 2 is 2.29 bits per heavy atom. The van der Waals surface area contributed by atoms with Crippen LogP contribution in [0.4, 0.5) is 11.5 Å². The van der Waals surface area contributed by atoms with Crippen molar-refractivity contribution in [2.45, 2.75) is 39.7 Å². The van der Waals surface area contributed by atoms with E-state index in [1.807, 2.05) is 6.20 Å². The quantitative estimate of drug-likeness (QED) is 0.744. The van der Waals surface area contributed by atoms with Crippen molar-refractivity contribution in [2.24, 2.45) is 5.41 Å². The zero-order valence-corrected chi connectivity index (χ0v) is 11.0. The second-order valence-corrected chi connectivity index (χ2v) is 6.01. The number of pyridine rings is 1. The average Bonchev–Trinajstić information content (AvgIpc) is 2.29. The maximum Gasteiger partial charge on any atom is 0.152 e. The van der Waals surface area contributed by atoms with Gasteiger partial charge in [-0.25, -0.2) is 4.98 Å². The van der Waals surface area contributed by atoms with Crippen LogP contribution in [-0.4, -0.2) is 24.1 Å². The zero-order valence-electron chi connectivity index (χ0n) is 11.0. The maximum atomic E-state index is 4.59. The Morgan fingerprint density at radius 3 is 3.12 bits per heavy atom. The van der Waals surface area contributed by atoms with Crippen molar-refractivity contribution in [1.82, 2.24) is 4.98 Å². The lowest BCUT2D eigenvalue weighted by atomic mass is 9.75. The minimum atomic E-state index is 0.383. The van der Waals surface area contributed by atoms with Crippen LogP contribution in [0.2, 0.25) is 0 Å². The number of nitrogens with one attached hydrogen (secondary N) is 1. The van der Waals surface area contributed by atoms with E-state index in [4.69, 9.17) is 0 Å². The van der Waals surface area contributed by atoms with Crippen molar-refractivity contribution in [3.05, 3.63) is 17.8 Å². The van der Waals surface area contributed by atoms with Crippen molar-refractivity contribution in [3.8, 4) is 0 Å². The Morgan fingerprint density at radius 1 is 1.47 bits per heavy atom. The van der Waals surface area contributed by atoms with Gasteiger partial charge >= 0.3 is 0 Å². The van der Waals surface area contributed by atoms with Gasteiger partial charge < -0.3 is 10.2 Å². The smallest absolute Gasteiger partial charge is 0.152 e. The topological polar surface area (TPSA) is 28.2 Å². The molecule has 1 N–H and O–H groups in total. The number of fused-ring (bicyclic) bond motifs is 3. The molecule has 17 heavy (non-hydrogen) atoms. The Hall–Kier alpha value is -1.25. The monoisotopic (exact) mass is 231 g/mol. The first kappa shape index (κ1) is 10.9. The molecular weight excluding hydrogens is 210 g/mol. The highest BCUT2D eigenvalue weighted by atomic mass is 15.3. The van der Waals surface area contributed by atoms with Gasteiger partial charge in [0, 0.05) is 19.3 Å². The summed E-state index contributed by atoms with van der Waals surface area (Å²) in [5, 5.41) is 3.58. The molecule has 0 aromatic carbocycles. The number of aromatic nitrogens is 1. The molecule has 1 aromatic heterocycles. The Labute approximate surface area is 103 Å². The molecule has 1 saturated heterocycles. The van der Waals surface area contributed by atoms with Crippen molar-refractivity contribution < 1.29 is 0 Å². The van der Waals surface area contributed by atoms with E-state index in [1.54, 1.807) is 0 Å². The van der Waals surface area contributed by atoms with E-state index in [2.05, 4.69) is 42.0 Å². The van der Waals surface area contributed by atoms with E-state index >= 15 is 0 Å². The van der Waals surface area contributed by atoms with Crippen LogP contribution in [0.1, 0.15) is 32.3 Å². The molecule has 0 aliphatic carbocycles. The molecular formula is C14H21N3. The van der Waals surface area contributed by atoms with Gasteiger partial charge in [-0.1, -0.05) is 13.8 Å². The molecule has 3 heteroatoms. The molecule has 1 fully saturated rings. The van der Waals surface area contributed by atoms with Crippen LogP contribution in [0.5, 0.6) is 0 Å². The maximum absolute atomic E-state index is 4.59. The lowest BCUT2D eigenvalue weighted by Gasteiger charge is -2.50. The third-order valence-corrected chi connectivity index (χ3v) is 4.38. The van der Waals surface area contributed by atoms with E-state index in [0.717, 1.165) is 18.9 Å². The van der Waals surface area contributed by atoms with E-state index in [1.165, 1.54) is 24.1 Å². The van der Waals surface area contributed by atoms with Gasteiger partial charge in [-0.15, -0.1) is 0 Å². The fourth-order valence-corrected chi connectivity index (χ4v) is 3.27. The average molecular weight is 231 g/mol. The fourth-order valence-electron chi connectivity index (χ4n) is 3.27. The summed E-state index contributed by atoms with van der Waals surface area (Å²) in [7, 11) is 0. The van der Waals surface area contributed by atoms with Crippen LogP contribution in [0, 0.1) is 12.3 Å². The van der Waals surface area contributed by atoms with Crippen LogP contribution < -0.4 is 10.2 Å². The normalized spacial score (nSPS) is 25.8. The highest BCUT2D eigenvalue weighted by molar-refractivity contribution is 5.72. The van der Waals surface area contributed by atoms with Crippen LogP contribution >= 0.6 is 0 Å². The number of hydrogen-bond acceptors (Lipinski definition) is 3. The predicted octanol–water partition coefficient (Wildman–Crippen LogP) is 2.81. The first-order valence-corrected chi connectivity index (χ1v) is 6.56. The number of aryl methyl sites for hydroxylation is 1. The molecule has 1 aromatic rings. The molecule has 2 aliphatic rings. The molecule has 3 nitrogen and oxygen atoms in total. The molecule has 1 unspecified atom stereocenters. The third kappa shape index (κ3) is 1.60. The summed E-state index contributed by atoms with van der Waals surface area (Å²) in [6, 6.07) is 2.67. The molecule has 0 bridgehead atoms. The summed E-state index contributed by atoms with van der Waals surface area (Å²) in [5.41, 5.74) is 2.92. The fraction of sp³-hybridized carbons (Fsp3) is 0.643. The molecule has 0 amide bonds. The second-order valence-electron chi connectivity index (χ2n) is 6.01. The van der Waals surface area contributed by atoms with Crippen LogP contribution in [0.15, 0.2) is 12.3 Å². The van der Waals surface area contributed by atoms with Gasteiger partial charge in [0.2, 0.25) is 0 Å². The minimum absolute atomic E-state index is 0.383. The summed E-state index contributed by atoms with van der Waals surface area (Å²) >= 11 is 0. The molecule has 2 aliphatic heterocycles. The molecule has 1 atom stereocenters. The third-order valence-electron chi connectivity index (χ3n) is 4.38. The summed E-state index contributed by atoms with van der Waals surface area (Å²) in [6.45, 7) is 9.12. The van der Waals surface area contributed by atoms with E-state index in [-0.39, 0.29) is 0 Å². The Balaban J connectivity index is 2.04.